The third-order valence-corrected chi connectivity index (χ3v) is 8.07. The van der Waals surface area contributed by atoms with E-state index in [1.54, 1.807) is 12.1 Å². The molecule has 2 rings (SSSR count). The highest BCUT2D eigenvalue weighted by Crippen LogP contribution is 2.08. The fourth-order valence-electron chi connectivity index (χ4n) is 5.22. The minimum Gasteiger partial charge on any atom is -0.370 e. The normalized spacial score (nSPS) is 20.1. The summed E-state index contributed by atoms with van der Waals surface area (Å²) in [5, 5.41) is 28.7. The van der Waals surface area contributed by atoms with Gasteiger partial charge in [-0.1, -0.05) is 12.1 Å². The van der Waals surface area contributed by atoms with Gasteiger partial charge in [-0.2, -0.15) is 5.26 Å². The highest BCUT2D eigenvalue weighted by atomic mass is 16.2. The summed E-state index contributed by atoms with van der Waals surface area (Å²) in [4.78, 5) is 118. The lowest BCUT2D eigenvalue weighted by Crippen LogP contribution is -2.55. The van der Waals surface area contributed by atoms with E-state index in [0.717, 1.165) is 0 Å². The number of nitrogens with zero attached hydrogens (tertiary/aromatic N) is 2. The first kappa shape index (κ1) is 45.4. The van der Waals surface area contributed by atoms with Gasteiger partial charge in [0.2, 0.25) is 53.2 Å². The van der Waals surface area contributed by atoms with Gasteiger partial charge in [0.05, 0.1) is 31.3 Å². The van der Waals surface area contributed by atoms with Crippen molar-refractivity contribution in [1.29, 1.82) is 5.26 Å². The Morgan fingerprint density at radius 3 is 2.14 bits per heavy atom. The van der Waals surface area contributed by atoms with E-state index in [0.29, 0.717) is 17.5 Å². The van der Waals surface area contributed by atoms with E-state index < -0.39 is 97.0 Å². The molecule has 0 saturated carbocycles. The van der Waals surface area contributed by atoms with Crippen molar-refractivity contribution in [2.45, 2.75) is 76.0 Å². The highest BCUT2D eigenvalue weighted by molar-refractivity contribution is 5.95. The second-order valence-electron chi connectivity index (χ2n) is 12.7. The van der Waals surface area contributed by atoms with Crippen molar-refractivity contribution < 1.29 is 43.2 Å². The molecule has 4 unspecified atom stereocenters. The molecule has 0 bridgehead atoms. The predicted molar refractivity (Wildman–Crippen MR) is 198 cm³/mol. The molecule has 0 aromatic heterocycles. The maximum absolute atomic E-state index is 13.4. The smallest absolute Gasteiger partial charge is 0.243 e. The van der Waals surface area contributed by atoms with Gasteiger partial charge in [0.15, 0.2) is 5.96 Å². The first-order chi connectivity index (χ1) is 26.6. The van der Waals surface area contributed by atoms with Crippen LogP contribution in [0.4, 0.5) is 0 Å². The van der Waals surface area contributed by atoms with Crippen LogP contribution in [0.1, 0.15) is 56.6 Å². The average molecular weight is 784 g/mol. The van der Waals surface area contributed by atoms with Gasteiger partial charge in [0.1, 0.15) is 24.2 Å². The SMILES string of the molecule is CC(=O)NC(CCCN=C(N)N)C(=O)NC1CCCNC(=O)CCC(C(N)=O)NC(=O)CNC(=O)CNC(=O)C(Cc2ccc(C#N)cc2)NC(=O)CNC1=O. The summed E-state index contributed by atoms with van der Waals surface area (Å²) in [5.74, 6) is -6.85. The number of benzene rings is 1. The Hall–Kier alpha value is -6.79. The first-order valence-electron chi connectivity index (χ1n) is 17.7. The molecule has 56 heavy (non-hydrogen) atoms. The number of aliphatic imine (C=N–C) groups is 1. The number of nitriles is 1. The van der Waals surface area contributed by atoms with E-state index in [9.17, 15) is 43.2 Å². The number of hydrogen-bond donors (Lipinski definition) is 11. The van der Waals surface area contributed by atoms with Crippen LogP contribution in [0.2, 0.25) is 0 Å². The number of carbonyl (C=O) groups excluding carboxylic acids is 9. The molecule has 1 fully saturated rings. The van der Waals surface area contributed by atoms with Crippen LogP contribution < -0.4 is 59.7 Å². The van der Waals surface area contributed by atoms with Crippen molar-refractivity contribution in [3.8, 4) is 6.07 Å². The van der Waals surface area contributed by atoms with E-state index in [1.165, 1.54) is 19.1 Å². The van der Waals surface area contributed by atoms with Crippen LogP contribution in [0.3, 0.4) is 0 Å². The van der Waals surface area contributed by atoms with Crippen molar-refractivity contribution in [1.82, 2.24) is 42.5 Å². The van der Waals surface area contributed by atoms with Crippen molar-refractivity contribution >= 4 is 59.1 Å². The fraction of sp³-hybridized carbons (Fsp3) is 0.500. The maximum Gasteiger partial charge on any atom is 0.243 e. The molecule has 22 heteroatoms. The zero-order chi connectivity index (χ0) is 41.6. The molecule has 304 valence electrons. The Morgan fingerprint density at radius 2 is 1.50 bits per heavy atom. The lowest BCUT2D eigenvalue weighted by Gasteiger charge is -2.23. The molecule has 0 spiro atoms. The minimum atomic E-state index is -1.28. The Labute approximate surface area is 322 Å². The largest absolute Gasteiger partial charge is 0.370 e. The van der Waals surface area contributed by atoms with E-state index in [1.807, 2.05) is 6.07 Å². The van der Waals surface area contributed by atoms with E-state index >= 15 is 0 Å². The highest BCUT2D eigenvalue weighted by Gasteiger charge is 2.28. The van der Waals surface area contributed by atoms with Crippen molar-refractivity contribution in [3.05, 3.63) is 35.4 Å². The van der Waals surface area contributed by atoms with Crippen LogP contribution in [-0.2, 0) is 49.6 Å². The van der Waals surface area contributed by atoms with Gasteiger partial charge >= 0.3 is 0 Å². The monoisotopic (exact) mass is 783 g/mol. The Morgan fingerprint density at radius 1 is 0.857 bits per heavy atom. The molecular formula is C34H49N13O9. The molecule has 0 radical (unpaired) electrons. The zero-order valence-corrected chi connectivity index (χ0v) is 30.9. The number of nitrogens with one attached hydrogen (secondary N) is 8. The predicted octanol–water partition coefficient (Wildman–Crippen LogP) is -5.36. The number of amides is 9. The Kier molecular flexibility index (Phi) is 19.3. The van der Waals surface area contributed by atoms with E-state index in [4.69, 9.17) is 22.5 Å². The fourth-order valence-corrected chi connectivity index (χ4v) is 5.22. The lowest BCUT2D eigenvalue weighted by atomic mass is 10.0. The molecule has 1 aromatic carbocycles. The molecule has 1 heterocycles. The second-order valence-corrected chi connectivity index (χ2v) is 12.7. The summed E-state index contributed by atoms with van der Waals surface area (Å²) in [7, 11) is 0. The molecule has 4 atom stereocenters. The summed E-state index contributed by atoms with van der Waals surface area (Å²) in [5.41, 5.74) is 17.0. The van der Waals surface area contributed by atoms with Crippen LogP contribution in [0.15, 0.2) is 29.3 Å². The van der Waals surface area contributed by atoms with Gasteiger partial charge in [0, 0.05) is 32.9 Å². The number of guanidine groups is 1. The number of nitrogens with two attached hydrogens (primary N) is 3. The van der Waals surface area contributed by atoms with Crippen LogP contribution in [0.25, 0.3) is 0 Å². The van der Waals surface area contributed by atoms with Gasteiger partial charge in [-0.25, -0.2) is 0 Å². The topological polar surface area (TPSA) is 364 Å². The lowest BCUT2D eigenvalue weighted by molar-refractivity contribution is -0.133. The second kappa shape index (κ2) is 23.8. The maximum atomic E-state index is 13.4. The summed E-state index contributed by atoms with van der Waals surface area (Å²) >= 11 is 0. The first-order valence-corrected chi connectivity index (χ1v) is 17.7. The molecule has 1 aliphatic heterocycles. The van der Waals surface area contributed by atoms with Gasteiger partial charge in [-0.3, -0.25) is 48.1 Å². The summed E-state index contributed by atoms with van der Waals surface area (Å²) < 4.78 is 0. The molecule has 1 aromatic rings. The van der Waals surface area contributed by atoms with Crippen LogP contribution in [0.5, 0.6) is 0 Å². The number of rotatable bonds is 10. The molecule has 1 aliphatic rings. The summed E-state index contributed by atoms with van der Waals surface area (Å²) in [6.07, 6.45) is -0.0160. The standard InChI is InChI=1S/C34H49N13O9/c1-19(48)44-24(5-3-13-40-34(37)38)33(56)47-23-4-2-12-39-26(49)11-10-22(30(36)53)45-28(51)17-41-27(50)16-42-32(55)25(46-29(52)18-43-31(23)54)14-20-6-8-21(15-35)9-7-20/h6-9,22-25H,2-5,10-14,16-18H2,1H3,(H2,36,53)(H,39,49)(H,41,50)(H,42,55)(H,43,54)(H,44,48)(H,45,51)(H,46,52)(H,47,56)(H4,37,38,40). The Bertz CT molecular complexity index is 1670. The number of carbonyl (C=O) groups is 9. The quantitative estimate of drug-likeness (QED) is 0.0602. The number of hydrogen-bond acceptors (Lipinski definition) is 11. The van der Waals surface area contributed by atoms with E-state index in [2.05, 4.69) is 47.5 Å². The Balaban J connectivity index is 2.32. The molecular weight excluding hydrogens is 734 g/mol. The molecule has 1 saturated heterocycles. The van der Waals surface area contributed by atoms with Crippen LogP contribution in [-0.4, -0.2) is 116 Å². The average Bonchev–Trinajstić information content (AvgIpc) is 3.15. The van der Waals surface area contributed by atoms with E-state index in [-0.39, 0.29) is 57.6 Å². The van der Waals surface area contributed by atoms with Crippen LogP contribution in [0, 0.1) is 11.3 Å². The summed E-state index contributed by atoms with van der Waals surface area (Å²) in [6, 6.07) is 3.24. The van der Waals surface area contributed by atoms with Gasteiger partial charge in [-0.05, 0) is 49.8 Å². The van der Waals surface area contributed by atoms with Gasteiger partial charge < -0.3 is 59.7 Å². The van der Waals surface area contributed by atoms with Crippen molar-refractivity contribution in [2.75, 3.05) is 32.7 Å². The summed E-state index contributed by atoms with van der Waals surface area (Å²) in [6.45, 7) is -0.469. The zero-order valence-electron chi connectivity index (χ0n) is 30.9. The third-order valence-electron chi connectivity index (χ3n) is 8.07. The molecule has 22 nitrogen and oxygen atoms in total. The van der Waals surface area contributed by atoms with Crippen LogP contribution >= 0.6 is 0 Å². The third kappa shape index (κ3) is 17.8. The minimum absolute atomic E-state index is 0.0123. The van der Waals surface area contributed by atoms with Gasteiger partial charge in [-0.15, -0.1) is 0 Å². The van der Waals surface area contributed by atoms with Gasteiger partial charge in [0.25, 0.3) is 0 Å². The van der Waals surface area contributed by atoms with Crippen molar-refractivity contribution in [2.24, 2.45) is 22.2 Å². The van der Waals surface area contributed by atoms with Crippen molar-refractivity contribution in [3.63, 3.8) is 0 Å². The molecule has 14 N–H and O–H groups in total. The molecule has 0 aliphatic carbocycles. The molecule has 9 amide bonds. The number of primary amides is 1.